The zero-order chi connectivity index (χ0) is 16.5. The molecule has 0 radical (unpaired) electrons. The standard InChI is InChI=1S/C17H24BNO3/c1-15(2)13-11(9-8-10-12(13)19(7)14(15)20)18-21-16(3,4)17(5,6)22-18/h8-10H,1-7H3. The van der Waals surface area contributed by atoms with Crippen LogP contribution < -0.4 is 10.4 Å². The maximum atomic E-state index is 12.5. The van der Waals surface area contributed by atoms with Gasteiger partial charge in [0.05, 0.1) is 16.6 Å². The molecule has 2 aliphatic heterocycles. The lowest BCUT2D eigenvalue weighted by atomic mass is 9.69. The van der Waals surface area contributed by atoms with Crippen LogP contribution in [0.2, 0.25) is 0 Å². The van der Waals surface area contributed by atoms with E-state index < -0.39 is 12.5 Å². The Hall–Kier alpha value is -1.33. The number of nitrogens with zero attached hydrogens (tertiary/aromatic N) is 1. The number of amides is 1. The minimum atomic E-state index is -0.565. The fourth-order valence-electron chi connectivity index (χ4n) is 3.32. The molecule has 1 aromatic rings. The Morgan fingerprint density at radius 1 is 1.00 bits per heavy atom. The molecular weight excluding hydrogens is 277 g/mol. The average molecular weight is 301 g/mol. The third-order valence-corrected chi connectivity index (χ3v) is 5.41. The van der Waals surface area contributed by atoms with Crippen molar-refractivity contribution < 1.29 is 14.1 Å². The van der Waals surface area contributed by atoms with Crippen molar-refractivity contribution in [1.29, 1.82) is 0 Å². The van der Waals surface area contributed by atoms with Crippen molar-refractivity contribution in [2.75, 3.05) is 11.9 Å². The number of carbonyl (C=O) groups is 1. The van der Waals surface area contributed by atoms with Crippen LogP contribution in [0.15, 0.2) is 18.2 Å². The number of fused-ring (bicyclic) bond motifs is 1. The van der Waals surface area contributed by atoms with Gasteiger partial charge in [-0.3, -0.25) is 4.79 Å². The fourth-order valence-corrected chi connectivity index (χ4v) is 3.32. The average Bonchev–Trinajstić information content (AvgIpc) is 2.73. The first-order valence-corrected chi connectivity index (χ1v) is 7.76. The van der Waals surface area contributed by atoms with Crippen molar-refractivity contribution in [2.45, 2.75) is 58.2 Å². The molecule has 0 unspecified atom stereocenters. The summed E-state index contributed by atoms with van der Waals surface area (Å²) in [6.45, 7) is 12.1. The Morgan fingerprint density at radius 2 is 1.55 bits per heavy atom. The molecule has 2 aliphatic rings. The minimum Gasteiger partial charge on any atom is -0.399 e. The predicted molar refractivity (Wildman–Crippen MR) is 88.6 cm³/mol. The van der Waals surface area contributed by atoms with Crippen molar-refractivity contribution in [1.82, 2.24) is 0 Å². The van der Waals surface area contributed by atoms with Gasteiger partial charge < -0.3 is 14.2 Å². The van der Waals surface area contributed by atoms with Crippen LogP contribution in [-0.4, -0.2) is 31.3 Å². The smallest absolute Gasteiger partial charge is 0.399 e. The second-order valence-electron chi connectivity index (χ2n) is 7.82. The number of anilines is 1. The largest absolute Gasteiger partial charge is 0.495 e. The van der Waals surface area contributed by atoms with Gasteiger partial charge in [0.2, 0.25) is 5.91 Å². The lowest BCUT2D eigenvalue weighted by molar-refractivity contribution is -0.121. The number of benzene rings is 1. The normalized spacial score (nSPS) is 24.8. The molecular formula is C17H24BNO3. The lowest BCUT2D eigenvalue weighted by Crippen LogP contribution is -2.41. The van der Waals surface area contributed by atoms with E-state index >= 15 is 0 Å². The van der Waals surface area contributed by atoms with Crippen LogP contribution in [0.3, 0.4) is 0 Å². The molecule has 5 heteroatoms. The third-order valence-electron chi connectivity index (χ3n) is 5.41. The second-order valence-corrected chi connectivity index (χ2v) is 7.82. The van der Waals surface area contributed by atoms with Gasteiger partial charge in [-0.2, -0.15) is 0 Å². The molecule has 3 rings (SSSR count). The lowest BCUT2D eigenvalue weighted by Gasteiger charge is -2.32. The summed E-state index contributed by atoms with van der Waals surface area (Å²) in [5, 5.41) is 0. The SMILES string of the molecule is CN1C(=O)C(C)(C)c2c(B3OC(C)(C)C(C)(C)O3)cccc21. The molecule has 2 heterocycles. The van der Waals surface area contributed by atoms with E-state index in [2.05, 4.69) is 0 Å². The number of rotatable bonds is 1. The zero-order valence-electron chi connectivity index (χ0n) is 14.5. The quantitative estimate of drug-likeness (QED) is 0.747. The topological polar surface area (TPSA) is 38.8 Å². The van der Waals surface area contributed by atoms with Crippen LogP contribution in [0, 0.1) is 0 Å². The Bertz CT molecular complexity index is 635. The molecule has 0 atom stereocenters. The first-order chi connectivity index (χ1) is 9.99. The highest BCUT2D eigenvalue weighted by molar-refractivity contribution is 6.63. The van der Waals surface area contributed by atoms with E-state index in [1.165, 1.54) is 0 Å². The van der Waals surface area contributed by atoms with Gasteiger partial charge in [-0.25, -0.2) is 0 Å². The first kappa shape index (κ1) is 15.6. The monoisotopic (exact) mass is 301 g/mol. The van der Waals surface area contributed by atoms with Crippen molar-refractivity contribution in [3.63, 3.8) is 0 Å². The highest BCUT2D eigenvalue weighted by Crippen LogP contribution is 2.42. The van der Waals surface area contributed by atoms with Gasteiger partial charge in [0.25, 0.3) is 0 Å². The van der Waals surface area contributed by atoms with Crippen LogP contribution in [0.4, 0.5) is 5.69 Å². The van der Waals surface area contributed by atoms with Gasteiger partial charge in [0, 0.05) is 12.7 Å². The minimum absolute atomic E-state index is 0.103. The summed E-state index contributed by atoms with van der Waals surface area (Å²) in [6.07, 6.45) is 0. The maximum Gasteiger partial charge on any atom is 0.495 e. The van der Waals surface area contributed by atoms with E-state index in [0.29, 0.717) is 0 Å². The van der Waals surface area contributed by atoms with Gasteiger partial charge >= 0.3 is 7.12 Å². The Kier molecular flexibility index (Phi) is 3.08. The van der Waals surface area contributed by atoms with Crippen LogP contribution >= 0.6 is 0 Å². The molecule has 0 aromatic heterocycles. The number of likely N-dealkylation sites (N-methyl/N-ethyl adjacent to an activating group) is 1. The Balaban J connectivity index is 2.12. The molecule has 1 amide bonds. The van der Waals surface area contributed by atoms with E-state index in [1.54, 1.807) is 4.90 Å². The van der Waals surface area contributed by atoms with Gasteiger partial charge in [0.1, 0.15) is 0 Å². The van der Waals surface area contributed by atoms with E-state index in [4.69, 9.17) is 9.31 Å². The molecule has 4 nitrogen and oxygen atoms in total. The van der Waals surface area contributed by atoms with Crippen LogP contribution in [0.25, 0.3) is 0 Å². The molecule has 1 fully saturated rings. The van der Waals surface area contributed by atoms with E-state index in [0.717, 1.165) is 16.7 Å². The molecule has 0 N–H and O–H groups in total. The summed E-state index contributed by atoms with van der Waals surface area (Å²) in [7, 11) is 1.38. The van der Waals surface area contributed by atoms with Gasteiger partial charge in [0.15, 0.2) is 0 Å². The third kappa shape index (κ3) is 1.88. The van der Waals surface area contributed by atoms with Gasteiger partial charge in [-0.1, -0.05) is 12.1 Å². The van der Waals surface area contributed by atoms with Gasteiger partial charge in [-0.05, 0) is 58.6 Å². The van der Waals surface area contributed by atoms with Crippen LogP contribution in [0.5, 0.6) is 0 Å². The van der Waals surface area contributed by atoms with E-state index in [-0.39, 0.29) is 17.1 Å². The number of hydrogen-bond acceptors (Lipinski definition) is 3. The molecule has 1 aromatic carbocycles. The summed E-state index contributed by atoms with van der Waals surface area (Å²) in [6, 6.07) is 5.95. The molecule has 0 bridgehead atoms. The zero-order valence-corrected chi connectivity index (χ0v) is 14.5. The van der Waals surface area contributed by atoms with E-state index in [1.807, 2.05) is 66.8 Å². The van der Waals surface area contributed by atoms with Crippen LogP contribution in [0.1, 0.15) is 47.1 Å². The Labute approximate surface area is 132 Å². The Morgan fingerprint density at radius 3 is 2.09 bits per heavy atom. The predicted octanol–water partition coefficient (Wildman–Crippen LogP) is 2.24. The summed E-state index contributed by atoms with van der Waals surface area (Å²) in [4.78, 5) is 14.3. The molecule has 118 valence electrons. The van der Waals surface area contributed by atoms with Crippen molar-refractivity contribution in [2.24, 2.45) is 0 Å². The summed E-state index contributed by atoms with van der Waals surface area (Å²) in [5.41, 5.74) is 1.57. The molecule has 1 saturated heterocycles. The summed E-state index contributed by atoms with van der Waals surface area (Å²) < 4.78 is 12.4. The molecule has 0 aliphatic carbocycles. The fraction of sp³-hybridized carbons (Fsp3) is 0.588. The van der Waals surface area contributed by atoms with Crippen LogP contribution in [-0.2, 0) is 19.5 Å². The highest BCUT2D eigenvalue weighted by Gasteiger charge is 2.54. The van der Waals surface area contributed by atoms with Crippen molar-refractivity contribution in [3.8, 4) is 0 Å². The first-order valence-electron chi connectivity index (χ1n) is 7.76. The summed E-state index contributed by atoms with van der Waals surface area (Å²) in [5.74, 6) is 0.103. The molecule has 0 saturated carbocycles. The summed E-state index contributed by atoms with van der Waals surface area (Å²) >= 11 is 0. The number of hydrogen-bond donors (Lipinski definition) is 0. The maximum absolute atomic E-state index is 12.5. The molecule has 0 spiro atoms. The van der Waals surface area contributed by atoms with E-state index in [9.17, 15) is 4.79 Å². The van der Waals surface area contributed by atoms with Gasteiger partial charge in [-0.15, -0.1) is 0 Å². The van der Waals surface area contributed by atoms with Crippen molar-refractivity contribution >= 4 is 24.2 Å². The number of carbonyl (C=O) groups excluding carboxylic acids is 1. The highest BCUT2D eigenvalue weighted by atomic mass is 16.7. The second kappa shape index (κ2) is 4.36. The molecule has 22 heavy (non-hydrogen) atoms. The van der Waals surface area contributed by atoms with Crippen molar-refractivity contribution in [3.05, 3.63) is 23.8 Å².